The summed E-state index contributed by atoms with van der Waals surface area (Å²) >= 11 is 0. The summed E-state index contributed by atoms with van der Waals surface area (Å²) in [4.78, 5) is 26.4. The molecule has 0 heterocycles. The lowest BCUT2D eigenvalue weighted by Gasteiger charge is -2.34. The number of nitrogens with one attached hydrogen (secondary N) is 1. The van der Waals surface area contributed by atoms with Crippen molar-refractivity contribution in [3.05, 3.63) is 35.6 Å². The van der Waals surface area contributed by atoms with E-state index in [9.17, 15) is 14.0 Å². The van der Waals surface area contributed by atoms with Crippen LogP contribution in [0.15, 0.2) is 24.3 Å². The van der Waals surface area contributed by atoms with Gasteiger partial charge in [-0.25, -0.2) is 4.39 Å². The Morgan fingerprint density at radius 1 is 1.16 bits per heavy atom. The van der Waals surface area contributed by atoms with Crippen LogP contribution in [0.4, 0.5) is 4.39 Å². The van der Waals surface area contributed by atoms with Gasteiger partial charge in [0.15, 0.2) is 0 Å². The van der Waals surface area contributed by atoms with E-state index in [1.54, 1.807) is 17.0 Å². The number of nitrogens with zero attached hydrogens (tertiary/aromatic N) is 1. The van der Waals surface area contributed by atoms with Crippen LogP contribution in [0.1, 0.15) is 39.2 Å². The molecule has 1 aromatic rings. The molecule has 0 atom stereocenters. The van der Waals surface area contributed by atoms with Crippen molar-refractivity contribution < 1.29 is 14.0 Å². The number of carbonyl (C=O) groups is 2. The molecule has 0 fully saturated rings. The number of carbonyl (C=O) groups excluding carboxylic acids is 2. The summed E-state index contributed by atoms with van der Waals surface area (Å²) in [6, 6.07) is 5.93. The van der Waals surface area contributed by atoms with Gasteiger partial charge < -0.3 is 16.0 Å². The van der Waals surface area contributed by atoms with Gasteiger partial charge in [-0.1, -0.05) is 26.0 Å². The van der Waals surface area contributed by atoms with E-state index in [1.165, 1.54) is 12.1 Å². The lowest BCUT2D eigenvalue weighted by molar-refractivity contribution is -0.145. The largest absolute Gasteiger partial charge is 0.350 e. The molecule has 142 valence electrons. The third-order valence-corrected chi connectivity index (χ3v) is 4.60. The van der Waals surface area contributed by atoms with Gasteiger partial charge in [0, 0.05) is 19.6 Å². The van der Waals surface area contributed by atoms with Gasteiger partial charge in [-0.3, -0.25) is 9.59 Å². The number of hydrogen-bond acceptors (Lipinski definition) is 3. The Hall–Kier alpha value is -1.66. The second kappa shape index (κ2) is 11.1. The van der Waals surface area contributed by atoms with Crippen LogP contribution in [-0.2, 0) is 16.1 Å². The van der Waals surface area contributed by atoms with Gasteiger partial charge in [0.1, 0.15) is 5.82 Å². The topological polar surface area (TPSA) is 75.4 Å². The molecule has 3 N–H and O–H groups in total. The summed E-state index contributed by atoms with van der Waals surface area (Å²) in [5, 5.41) is 2.76. The van der Waals surface area contributed by atoms with Gasteiger partial charge >= 0.3 is 0 Å². The van der Waals surface area contributed by atoms with Crippen molar-refractivity contribution in [2.24, 2.45) is 11.1 Å². The van der Waals surface area contributed by atoms with E-state index in [0.717, 1.165) is 5.56 Å². The van der Waals surface area contributed by atoms with Crippen molar-refractivity contribution in [1.29, 1.82) is 0 Å². The summed E-state index contributed by atoms with van der Waals surface area (Å²) in [7, 11) is 0. The molecule has 0 bridgehead atoms. The fourth-order valence-corrected chi connectivity index (χ4v) is 2.62. The third kappa shape index (κ3) is 6.29. The maximum absolute atomic E-state index is 12.9. The highest BCUT2D eigenvalue weighted by atomic mass is 35.5. The first kappa shape index (κ1) is 23.3. The molecule has 0 aromatic heterocycles. The van der Waals surface area contributed by atoms with Crippen LogP contribution >= 0.6 is 12.4 Å². The molecule has 0 spiro atoms. The van der Waals surface area contributed by atoms with Gasteiger partial charge in [0.25, 0.3) is 0 Å². The zero-order chi connectivity index (χ0) is 18.2. The Balaban J connectivity index is 0.00000576. The normalized spacial score (nSPS) is 10.8. The fraction of sp³-hybridized carbons (Fsp3) is 0.556. The highest BCUT2D eigenvalue weighted by molar-refractivity contribution is 5.88. The van der Waals surface area contributed by atoms with Crippen molar-refractivity contribution in [3.8, 4) is 0 Å². The number of likely N-dealkylation sites (N-methyl/N-ethyl adjacent to an activating group) is 1. The second-order valence-electron chi connectivity index (χ2n) is 5.91. The molecule has 0 aliphatic carbocycles. The maximum atomic E-state index is 12.9. The van der Waals surface area contributed by atoms with Crippen LogP contribution in [0.2, 0.25) is 0 Å². The lowest BCUT2D eigenvalue weighted by Crippen LogP contribution is -2.50. The van der Waals surface area contributed by atoms with Crippen LogP contribution < -0.4 is 11.1 Å². The molecule has 1 rings (SSSR count). The molecule has 7 heteroatoms. The minimum absolute atomic E-state index is 0. The van der Waals surface area contributed by atoms with Gasteiger partial charge in [-0.15, -0.1) is 12.4 Å². The number of nitrogens with two attached hydrogens (primary N) is 1. The smallest absolute Gasteiger partial charge is 0.239 e. The summed E-state index contributed by atoms with van der Waals surface area (Å²) in [6.45, 7) is 6.75. The molecule has 25 heavy (non-hydrogen) atoms. The van der Waals surface area contributed by atoms with Crippen LogP contribution in [0.5, 0.6) is 0 Å². The Bertz CT molecular complexity index is 539. The van der Waals surface area contributed by atoms with E-state index in [1.807, 2.05) is 20.8 Å². The Morgan fingerprint density at radius 3 is 2.16 bits per heavy atom. The van der Waals surface area contributed by atoms with E-state index < -0.39 is 5.41 Å². The Labute approximate surface area is 155 Å². The van der Waals surface area contributed by atoms with E-state index >= 15 is 0 Å². The number of hydrogen-bond donors (Lipinski definition) is 2. The average molecular weight is 374 g/mol. The van der Waals surface area contributed by atoms with Gasteiger partial charge in [0.2, 0.25) is 11.8 Å². The molecular weight excluding hydrogens is 345 g/mol. The van der Waals surface area contributed by atoms with E-state index in [2.05, 4.69) is 5.32 Å². The maximum Gasteiger partial charge on any atom is 0.239 e. The molecule has 5 nitrogen and oxygen atoms in total. The second-order valence-corrected chi connectivity index (χ2v) is 5.91. The van der Waals surface area contributed by atoms with Crippen LogP contribution in [0.3, 0.4) is 0 Å². The van der Waals surface area contributed by atoms with Gasteiger partial charge in [-0.2, -0.15) is 0 Å². The first-order chi connectivity index (χ1) is 11.4. The number of amides is 2. The highest BCUT2D eigenvalue weighted by Crippen LogP contribution is 2.27. The zero-order valence-corrected chi connectivity index (χ0v) is 16.0. The number of rotatable bonds is 9. The molecule has 0 radical (unpaired) electrons. The number of benzene rings is 1. The first-order valence-electron chi connectivity index (χ1n) is 8.43. The summed E-state index contributed by atoms with van der Waals surface area (Å²) < 4.78 is 12.9. The minimum atomic E-state index is -0.604. The predicted molar refractivity (Wildman–Crippen MR) is 99.8 cm³/mol. The Morgan fingerprint density at radius 2 is 1.72 bits per heavy atom. The Kier molecular flexibility index (Phi) is 10.3. The predicted octanol–water partition coefficient (Wildman–Crippen LogP) is 2.48. The van der Waals surface area contributed by atoms with Crippen LogP contribution in [0.25, 0.3) is 0 Å². The summed E-state index contributed by atoms with van der Waals surface area (Å²) in [5.41, 5.74) is 6.02. The van der Waals surface area contributed by atoms with E-state index in [4.69, 9.17) is 5.73 Å². The van der Waals surface area contributed by atoms with Gasteiger partial charge in [0.05, 0.1) is 12.0 Å². The van der Waals surface area contributed by atoms with Crippen molar-refractivity contribution in [3.63, 3.8) is 0 Å². The molecule has 0 saturated carbocycles. The monoisotopic (exact) mass is 373 g/mol. The van der Waals surface area contributed by atoms with Gasteiger partial charge in [-0.05, 0) is 37.5 Å². The third-order valence-electron chi connectivity index (χ3n) is 4.60. The zero-order valence-electron chi connectivity index (χ0n) is 15.2. The average Bonchev–Trinajstić information content (AvgIpc) is 2.61. The standard InChI is InChI=1S/C18H28FN3O2.ClH/c1-4-18(5-2,13-20)17(24)22(6-3)12-16(23)21-11-14-7-9-15(19)10-8-14;/h7-10H,4-6,11-13,20H2,1-3H3,(H,21,23);1H. The molecule has 0 unspecified atom stereocenters. The van der Waals surface area contributed by atoms with Crippen molar-refractivity contribution in [2.75, 3.05) is 19.6 Å². The lowest BCUT2D eigenvalue weighted by atomic mass is 9.81. The minimum Gasteiger partial charge on any atom is -0.350 e. The van der Waals surface area contributed by atoms with Crippen molar-refractivity contribution in [1.82, 2.24) is 10.2 Å². The van der Waals surface area contributed by atoms with Crippen molar-refractivity contribution >= 4 is 24.2 Å². The summed E-state index contributed by atoms with van der Waals surface area (Å²) in [6.07, 6.45) is 1.29. The molecule has 0 aliphatic rings. The fourth-order valence-electron chi connectivity index (χ4n) is 2.62. The van der Waals surface area contributed by atoms with Crippen LogP contribution in [0, 0.1) is 11.2 Å². The molecular formula is C18H29ClFN3O2. The SMILES string of the molecule is CCN(CC(=O)NCc1ccc(F)cc1)C(=O)C(CC)(CC)CN.Cl. The van der Waals surface area contributed by atoms with Crippen molar-refractivity contribution in [2.45, 2.75) is 40.2 Å². The molecule has 0 aliphatic heterocycles. The first-order valence-corrected chi connectivity index (χ1v) is 8.43. The van der Waals surface area contributed by atoms with E-state index in [-0.39, 0.29) is 43.1 Å². The molecule has 1 aromatic carbocycles. The number of halogens is 2. The van der Waals surface area contributed by atoms with E-state index in [0.29, 0.717) is 25.9 Å². The quantitative estimate of drug-likeness (QED) is 0.698. The van der Waals surface area contributed by atoms with Crippen LogP contribution in [-0.4, -0.2) is 36.3 Å². The highest BCUT2D eigenvalue weighted by Gasteiger charge is 2.36. The molecule has 2 amide bonds. The molecule has 0 saturated heterocycles. The summed E-state index contributed by atoms with van der Waals surface area (Å²) in [5.74, 6) is -0.632.